The van der Waals surface area contributed by atoms with E-state index >= 15 is 0 Å². The quantitative estimate of drug-likeness (QED) is 0.724. The van der Waals surface area contributed by atoms with Gasteiger partial charge in [-0.25, -0.2) is 4.98 Å². The van der Waals surface area contributed by atoms with Crippen molar-refractivity contribution >= 4 is 17.6 Å². The monoisotopic (exact) mass is 226 g/mol. The molecule has 0 unspecified atom stereocenters. The molecule has 0 bridgehead atoms. The topological polar surface area (TPSA) is 34.1 Å². The summed E-state index contributed by atoms with van der Waals surface area (Å²) in [6.45, 7) is 0.844. The van der Waals surface area contributed by atoms with Crippen molar-refractivity contribution in [2.24, 2.45) is 0 Å². The first-order valence-electron chi connectivity index (χ1n) is 5.07. The maximum atomic E-state index is 4.99. The van der Waals surface area contributed by atoms with Gasteiger partial charge in [0, 0.05) is 26.5 Å². The Labute approximate surface area is 95.6 Å². The largest absolute Gasteiger partial charge is 0.385 e. The number of methoxy groups -OCH3 is 1. The molecule has 1 aromatic heterocycles. The van der Waals surface area contributed by atoms with Crippen LogP contribution in [0.15, 0.2) is 18.2 Å². The van der Waals surface area contributed by atoms with Crippen molar-refractivity contribution in [3.63, 3.8) is 0 Å². The number of anilines is 1. The minimum Gasteiger partial charge on any atom is -0.385 e. The number of rotatable bonds is 7. The van der Waals surface area contributed by atoms with Crippen LogP contribution in [-0.2, 0) is 10.5 Å². The first-order chi connectivity index (χ1) is 7.36. The van der Waals surface area contributed by atoms with Crippen molar-refractivity contribution in [3.05, 3.63) is 23.9 Å². The summed E-state index contributed by atoms with van der Waals surface area (Å²) in [5.41, 5.74) is 1.13. The van der Waals surface area contributed by atoms with Gasteiger partial charge in [-0.05, 0) is 24.3 Å². The van der Waals surface area contributed by atoms with Crippen molar-refractivity contribution in [2.45, 2.75) is 12.2 Å². The number of hydrogen-bond donors (Lipinski definition) is 1. The van der Waals surface area contributed by atoms with Gasteiger partial charge in [-0.3, -0.25) is 0 Å². The fourth-order valence-electron chi connectivity index (χ4n) is 1.18. The Morgan fingerprint density at radius 3 is 3.07 bits per heavy atom. The molecule has 0 saturated carbocycles. The molecule has 0 aromatic carbocycles. The van der Waals surface area contributed by atoms with Gasteiger partial charge in [0.05, 0.1) is 5.69 Å². The highest BCUT2D eigenvalue weighted by atomic mass is 32.2. The lowest BCUT2D eigenvalue weighted by Gasteiger charge is -2.03. The molecular weight excluding hydrogens is 208 g/mol. The van der Waals surface area contributed by atoms with Crippen molar-refractivity contribution < 1.29 is 4.74 Å². The number of nitrogens with one attached hydrogen (secondary N) is 1. The van der Waals surface area contributed by atoms with E-state index in [0.29, 0.717) is 0 Å². The minimum absolute atomic E-state index is 0.844. The van der Waals surface area contributed by atoms with E-state index in [2.05, 4.69) is 16.4 Å². The maximum absolute atomic E-state index is 4.99. The van der Waals surface area contributed by atoms with E-state index < -0.39 is 0 Å². The zero-order valence-electron chi connectivity index (χ0n) is 9.32. The number of aromatic nitrogens is 1. The normalized spacial score (nSPS) is 10.3. The van der Waals surface area contributed by atoms with Crippen LogP contribution < -0.4 is 5.32 Å². The lowest BCUT2D eigenvalue weighted by molar-refractivity contribution is 0.200. The predicted molar refractivity (Wildman–Crippen MR) is 66.4 cm³/mol. The second-order valence-electron chi connectivity index (χ2n) is 3.16. The molecule has 0 amide bonds. The molecule has 0 fully saturated rings. The molecule has 3 nitrogen and oxygen atoms in total. The van der Waals surface area contributed by atoms with Crippen LogP contribution in [0.5, 0.6) is 0 Å². The summed E-state index contributed by atoms with van der Waals surface area (Å²) in [4.78, 5) is 4.45. The second kappa shape index (κ2) is 7.54. The molecule has 1 aromatic rings. The average molecular weight is 226 g/mol. The van der Waals surface area contributed by atoms with Crippen LogP contribution in [0.3, 0.4) is 0 Å². The zero-order chi connectivity index (χ0) is 10.9. The van der Waals surface area contributed by atoms with Gasteiger partial charge in [-0.1, -0.05) is 6.07 Å². The van der Waals surface area contributed by atoms with E-state index in [4.69, 9.17) is 4.74 Å². The summed E-state index contributed by atoms with van der Waals surface area (Å²) in [7, 11) is 3.63. The third kappa shape index (κ3) is 5.04. The fraction of sp³-hybridized carbons (Fsp3) is 0.545. The van der Waals surface area contributed by atoms with Crippen molar-refractivity contribution in [3.8, 4) is 0 Å². The van der Waals surface area contributed by atoms with Crippen molar-refractivity contribution in [1.82, 2.24) is 4.98 Å². The van der Waals surface area contributed by atoms with Gasteiger partial charge >= 0.3 is 0 Å². The Morgan fingerprint density at radius 1 is 1.47 bits per heavy atom. The molecule has 0 aliphatic rings. The Bertz CT molecular complexity index is 281. The smallest absolute Gasteiger partial charge is 0.125 e. The molecule has 0 atom stereocenters. The molecule has 4 heteroatoms. The first kappa shape index (κ1) is 12.3. The maximum Gasteiger partial charge on any atom is 0.125 e. The molecule has 84 valence electrons. The third-order valence-electron chi connectivity index (χ3n) is 1.95. The molecule has 0 radical (unpaired) electrons. The van der Waals surface area contributed by atoms with Gasteiger partial charge in [-0.2, -0.15) is 11.8 Å². The summed E-state index contributed by atoms with van der Waals surface area (Å²) in [6, 6.07) is 6.06. The summed E-state index contributed by atoms with van der Waals surface area (Å²) < 4.78 is 4.99. The highest BCUT2D eigenvalue weighted by Crippen LogP contribution is 2.13. The highest BCUT2D eigenvalue weighted by molar-refractivity contribution is 7.98. The first-order valence-corrected chi connectivity index (χ1v) is 6.22. The Morgan fingerprint density at radius 2 is 2.33 bits per heavy atom. The van der Waals surface area contributed by atoms with E-state index in [1.165, 1.54) is 0 Å². The fourth-order valence-corrected chi connectivity index (χ4v) is 2.02. The minimum atomic E-state index is 0.844. The van der Waals surface area contributed by atoms with Crippen LogP contribution in [0.1, 0.15) is 12.1 Å². The molecule has 0 saturated heterocycles. The number of nitrogens with zero attached hydrogens (tertiary/aromatic N) is 1. The van der Waals surface area contributed by atoms with Crippen LogP contribution >= 0.6 is 11.8 Å². The molecule has 0 spiro atoms. The van der Waals surface area contributed by atoms with Crippen LogP contribution in [0.25, 0.3) is 0 Å². The SMILES string of the molecule is CNc1cccc(CSCCCOC)n1. The number of thioether (sulfide) groups is 1. The number of ether oxygens (including phenoxy) is 1. The van der Waals surface area contributed by atoms with Crippen LogP contribution in [-0.4, -0.2) is 31.5 Å². The van der Waals surface area contributed by atoms with E-state index in [1.807, 2.05) is 30.9 Å². The van der Waals surface area contributed by atoms with Crippen molar-refractivity contribution in [2.75, 3.05) is 31.8 Å². The van der Waals surface area contributed by atoms with E-state index in [1.54, 1.807) is 7.11 Å². The Kier molecular flexibility index (Phi) is 6.20. The summed E-state index contributed by atoms with van der Waals surface area (Å²) in [5, 5.41) is 3.04. The van der Waals surface area contributed by atoms with E-state index in [0.717, 1.165) is 36.0 Å². The standard InChI is InChI=1S/C11H18N2OS/c1-12-11-6-3-5-10(13-11)9-15-8-4-7-14-2/h3,5-6H,4,7-9H2,1-2H3,(H,12,13). The zero-order valence-corrected chi connectivity index (χ0v) is 10.1. The predicted octanol–water partition coefficient (Wildman–Crippen LogP) is 2.39. The summed E-state index contributed by atoms with van der Waals surface area (Å²) in [6.07, 6.45) is 1.10. The van der Waals surface area contributed by atoms with Gasteiger partial charge in [0.2, 0.25) is 0 Å². The van der Waals surface area contributed by atoms with E-state index in [9.17, 15) is 0 Å². The molecule has 1 N–H and O–H groups in total. The summed E-state index contributed by atoms with van der Waals surface area (Å²) >= 11 is 1.90. The Hall–Kier alpha value is -0.740. The van der Waals surface area contributed by atoms with Crippen molar-refractivity contribution in [1.29, 1.82) is 0 Å². The summed E-state index contributed by atoms with van der Waals surface area (Å²) in [5.74, 6) is 3.03. The molecular formula is C11H18N2OS. The number of hydrogen-bond acceptors (Lipinski definition) is 4. The van der Waals surface area contributed by atoms with E-state index in [-0.39, 0.29) is 0 Å². The van der Waals surface area contributed by atoms with Crippen LogP contribution in [0, 0.1) is 0 Å². The lowest BCUT2D eigenvalue weighted by atomic mass is 10.4. The van der Waals surface area contributed by atoms with Gasteiger partial charge in [0.25, 0.3) is 0 Å². The lowest BCUT2D eigenvalue weighted by Crippen LogP contribution is -1.96. The molecule has 1 rings (SSSR count). The molecule has 0 aliphatic heterocycles. The van der Waals surface area contributed by atoms with Crippen LogP contribution in [0.2, 0.25) is 0 Å². The second-order valence-corrected chi connectivity index (χ2v) is 4.27. The molecule has 1 heterocycles. The van der Waals surface area contributed by atoms with Gasteiger partial charge in [0.15, 0.2) is 0 Å². The third-order valence-corrected chi connectivity index (χ3v) is 3.03. The Balaban J connectivity index is 2.24. The highest BCUT2D eigenvalue weighted by Gasteiger charge is 1.96. The number of pyridine rings is 1. The van der Waals surface area contributed by atoms with Gasteiger partial charge < -0.3 is 10.1 Å². The van der Waals surface area contributed by atoms with Gasteiger partial charge in [0.1, 0.15) is 5.82 Å². The average Bonchev–Trinajstić information content (AvgIpc) is 2.29. The van der Waals surface area contributed by atoms with Gasteiger partial charge in [-0.15, -0.1) is 0 Å². The molecule has 0 aliphatic carbocycles. The molecule has 15 heavy (non-hydrogen) atoms. The van der Waals surface area contributed by atoms with Crippen LogP contribution in [0.4, 0.5) is 5.82 Å².